The van der Waals surface area contributed by atoms with Crippen molar-refractivity contribution in [2.75, 3.05) is 0 Å². The van der Waals surface area contributed by atoms with Crippen molar-refractivity contribution < 1.29 is 10.2 Å². The van der Waals surface area contributed by atoms with E-state index in [1.54, 1.807) is 0 Å². The Hall–Kier alpha value is -1.26. The average Bonchev–Trinajstić information content (AvgIpc) is 2.66. The SMILES string of the molecule is CC(Sc1cc(C(C)(C)C)c(O)c(C(C)(C)C)c1)C(C)Sc1cc(C(C)(C)C)c(O)c(C(C)(C)C)c1. The predicted octanol–water partition coefficient (Wildman–Crippen LogP) is 9.95. The number of aromatic hydroxyl groups is 2. The molecule has 0 saturated heterocycles. The molecule has 0 saturated carbocycles. The Morgan fingerprint density at radius 2 is 0.667 bits per heavy atom. The first-order chi connectivity index (χ1) is 16.0. The first kappa shape index (κ1) is 31.0. The van der Waals surface area contributed by atoms with Gasteiger partial charge in [0.05, 0.1) is 0 Å². The number of benzene rings is 2. The lowest BCUT2D eigenvalue weighted by atomic mass is 9.79. The summed E-state index contributed by atoms with van der Waals surface area (Å²) < 4.78 is 0. The molecule has 0 aliphatic heterocycles. The summed E-state index contributed by atoms with van der Waals surface area (Å²) in [6.07, 6.45) is 0. The zero-order valence-corrected chi connectivity index (χ0v) is 26.8. The summed E-state index contributed by atoms with van der Waals surface area (Å²) in [4.78, 5) is 2.41. The molecule has 0 radical (unpaired) electrons. The number of phenols is 2. The highest BCUT2D eigenvalue weighted by atomic mass is 32.2. The molecule has 2 unspecified atom stereocenters. The summed E-state index contributed by atoms with van der Waals surface area (Å²) in [7, 11) is 0. The topological polar surface area (TPSA) is 40.5 Å². The first-order valence-electron chi connectivity index (χ1n) is 13.1. The quantitative estimate of drug-likeness (QED) is 0.377. The van der Waals surface area contributed by atoms with Crippen molar-refractivity contribution in [3.8, 4) is 11.5 Å². The van der Waals surface area contributed by atoms with Crippen LogP contribution in [0.5, 0.6) is 11.5 Å². The lowest BCUT2D eigenvalue weighted by molar-refractivity contribution is 0.421. The minimum absolute atomic E-state index is 0.136. The van der Waals surface area contributed by atoms with Crippen molar-refractivity contribution in [1.29, 1.82) is 0 Å². The Morgan fingerprint density at radius 3 is 0.833 bits per heavy atom. The highest BCUT2D eigenvalue weighted by Gasteiger charge is 2.29. The second kappa shape index (κ2) is 10.5. The standard InChI is InChI=1S/C32H50O2S2/c1-19(35-21-15-23(29(3,4)5)27(33)24(16-21)30(6,7)8)20(2)36-22-17-25(31(9,10)11)28(34)26(18-22)32(12,13)14/h15-20,33-34H,1-14H3. The Labute approximate surface area is 230 Å². The zero-order chi connectivity index (χ0) is 28.0. The molecular formula is C32H50O2S2. The van der Waals surface area contributed by atoms with Crippen LogP contribution < -0.4 is 0 Å². The van der Waals surface area contributed by atoms with Gasteiger partial charge >= 0.3 is 0 Å². The van der Waals surface area contributed by atoms with Gasteiger partial charge in [-0.15, -0.1) is 23.5 Å². The van der Waals surface area contributed by atoms with Gasteiger partial charge in [0.15, 0.2) is 0 Å². The minimum Gasteiger partial charge on any atom is -0.507 e. The molecule has 4 heteroatoms. The van der Waals surface area contributed by atoms with Crippen LogP contribution in [0.2, 0.25) is 0 Å². The van der Waals surface area contributed by atoms with Crippen LogP contribution >= 0.6 is 23.5 Å². The highest BCUT2D eigenvalue weighted by Crippen LogP contribution is 2.45. The van der Waals surface area contributed by atoms with Crippen LogP contribution in [0.15, 0.2) is 34.1 Å². The number of rotatable bonds is 5. The number of thioether (sulfide) groups is 2. The molecular weight excluding hydrogens is 480 g/mol. The molecule has 0 heterocycles. The molecule has 0 aromatic heterocycles. The van der Waals surface area contributed by atoms with E-state index >= 15 is 0 Å². The van der Waals surface area contributed by atoms with Crippen molar-refractivity contribution >= 4 is 23.5 Å². The van der Waals surface area contributed by atoms with Crippen molar-refractivity contribution in [2.45, 2.75) is 139 Å². The van der Waals surface area contributed by atoms with E-state index < -0.39 is 0 Å². The lowest BCUT2D eigenvalue weighted by Gasteiger charge is -2.30. The largest absolute Gasteiger partial charge is 0.507 e. The molecule has 2 atom stereocenters. The van der Waals surface area contributed by atoms with Crippen LogP contribution in [0.4, 0.5) is 0 Å². The van der Waals surface area contributed by atoms with Gasteiger partial charge in [0.25, 0.3) is 0 Å². The summed E-state index contributed by atoms with van der Waals surface area (Å²) in [6, 6.07) is 8.72. The predicted molar refractivity (Wildman–Crippen MR) is 162 cm³/mol. The maximum atomic E-state index is 11.1. The fourth-order valence-corrected chi connectivity index (χ4v) is 6.58. The average molecular weight is 531 g/mol. The minimum atomic E-state index is -0.136. The third-order valence-corrected chi connectivity index (χ3v) is 9.45. The van der Waals surface area contributed by atoms with Crippen LogP contribution in [-0.4, -0.2) is 20.7 Å². The summed E-state index contributed by atoms with van der Waals surface area (Å²) in [5.41, 5.74) is 3.49. The number of hydrogen-bond donors (Lipinski definition) is 2. The Kier molecular flexibility index (Phi) is 9.01. The van der Waals surface area contributed by atoms with E-state index in [1.807, 2.05) is 23.5 Å². The van der Waals surface area contributed by atoms with Gasteiger partial charge in [-0.3, -0.25) is 0 Å². The number of phenolic OH excluding ortho intramolecular Hbond substituents is 2. The molecule has 2 N–H and O–H groups in total. The van der Waals surface area contributed by atoms with E-state index in [2.05, 4.69) is 121 Å². The van der Waals surface area contributed by atoms with E-state index in [0.717, 1.165) is 22.3 Å². The van der Waals surface area contributed by atoms with Gasteiger partial charge in [0, 0.05) is 42.5 Å². The molecule has 2 nitrogen and oxygen atoms in total. The third-order valence-electron chi connectivity index (χ3n) is 6.70. The first-order valence-corrected chi connectivity index (χ1v) is 14.9. The van der Waals surface area contributed by atoms with Crippen LogP contribution in [-0.2, 0) is 21.7 Å². The van der Waals surface area contributed by atoms with Crippen LogP contribution in [0.3, 0.4) is 0 Å². The summed E-state index contributed by atoms with van der Waals surface area (Å²) in [5.74, 6) is 0.867. The summed E-state index contributed by atoms with van der Waals surface area (Å²) >= 11 is 3.76. The van der Waals surface area contributed by atoms with Crippen molar-refractivity contribution in [3.63, 3.8) is 0 Å². The summed E-state index contributed by atoms with van der Waals surface area (Å²) in [5, 5.41) is 22.9. The monoisotopic (exact) mass is 530 g/mol. The Balaban J connectivity index is 2.42. The molecule has 0 spiro atoms. The van der Waals surface area contributed by atoms with Gasteiger partial charge < -0.3 is 10.2 Å². The highest BCUT2D eigenvalue weighted by molar-refractivity contribution is 8.03. The number of hydrogen-bond acceptors (Lipinski definition) is 4. The Bertz CT molecular complexity index is 916. The molecule has 0 fully saturated rings. The van der Waals surface area contributed by atoms with E-state index in [1.165, 1.54) is 9.79 Å². The van der Waals surface area contributed by atoms with Crippen molar-refractivity contribution in [3.05, 3.63) is 46.5 Å². The van der Waals surface area contributed by atoms with Gasteiger partial charge in [-0.1, -0.05) is 96.9 Å². The maximum absolute atomic E-state index is 11.1. The van der Waals surface area contributed by atoms with Gasteiger partial charge in [-0.25, -0.2) is 0 Å². The van der Waals surface area contributed by atoms with Gasteiger partial charge in [0.1, 0.15) is 11.5 Å². The lowest BCUT2D eigenvalue weighted by Crippen LogP contribution is -2.19. The smallest absolute Gasteiger partial charge is 0.123 e. The van der Waals surface area contributed by atoms with Crippen LogP contribution in [0.25, 0.3) is 0 Å². The molecule has 0 bridgehead atoms. The van der Waals surface area contributed by atoms with Gasteiger partial charge in [-0.05, 0) is 45.9 Å². The molecule has 2 aromatic rings. The fourth-order valence-electron chi connectivity index (χ4n) is 4.26. The van der Waals surface area contributed by atoms with Gasteiger partial charge in [-0.2, -0.15) is 0 Å². The molecule has 0 aliphatic rings. The molecule has 36 heavy (non-hydrogen) atoms. The van der Waals surface area contributed by atoms with Gasteiger partial charge in [0.2, 0.25) is 0 Å². The molecule has 0 aliphatic carbocycles. The molecule has 0 amide bonds. The second-order valence-electron chi connectivity index (χ2n) is 14.4. The van der Waals surface area contributed by atoms with E-state index in [9.17, 15) is 10.2 Å². The maximum Gasteiger partial charge on any atom is 0.123 e. The van der Waals surface area contributed by atoms with Crippen molar-refractivity contribution in [1.82, 2.24) is 0 Å². The second-order valence-corrected chi connectivity index (χ2v) is 17.3. The van der Waals surface area contributed by atoms with E-state index in [0.29, 0.717) is 22.0 Å². The molecule has 202 valence electrons. The van der Waals surface area contributed by atoms with Crippen LogP contribution in [0.1, 0.15) is 119 Å². The van der Waals surface area contributed by atoms with E-state index in [4.69, 9.17) is 0 Å². The van der Waals surface area contributed by atoms with E-state index in [-0.39, 0.29) is 21.7 Å². The molecule has 2 aromatic carbocycles. The zero-order valence-electron chi connectivity index (χ0n) is 25.2. The normalized spacial score (nSPS) is 15.2. The van der Waals surface area contributed by atoms with Crippen LogP contribution in [0, 0.1) is 0 Å². The molecule has 2 rings (SSSR count). The summed E-state index contributed by atoms with van der Waals surface area (Å²) in [6.45, 7) is 30.5. The fraction of sp³-hybridized carbons (Fsp3) is 0.625. The Morgan fingerprint density at radius 1 is 0.472 bits per heavy atom. The van der Waals surface area contributed by atoms with Crippen molar-refractivity contribution in [2.24, 2.45) is 0 Å². The third kappa shape index (κ3) is 7.40.